The van der Waals surface area contributed by atoms with Gasteiger partial charge in [-0.25, -0.2) is 9.18 Å². The highest BCUT2D eigenvalue weighted by Crippen LogP contribution is 2.36. The van der Waals surface area contributed by atoms with E-state index in [1.54, 1.807) is 16.8 Å². The third-order valence-electron chi connectivity index (χ3n) is 5.41. The Labute approximate surface area is 176 Å². The molecule has 0 radical (unpaired) electrons. The maximum absolute atomic E-state index is 13.8. The molecule has 0 atom stereocenters. The number of hydrogen-bond acceptors (Lipinski definition) is 4. The van der Waals surface area contributed by atoms with Crippen LogP contribution in [0.1, 0.15) is 10.4 Å². The predicted molar refractivity (Wildman–Crippen MR) is 117 cm³/mol. The zero-order valence-corrected chi connectivity index (χ0v) is 16.8. The van der Waals surface area contributed by atoms with Gasteiger partial charge in [0.05, 0.1) is 33.5 Å². The summed E-state index contributed by atoms with van der Waals surface area (Å²) in [7, 11) is 3.72. The van der Waals surface area contributed by atoms with Gasteiger partial charge in [-0.1, -0.05) is 18.2 Å². The van der Waals surface area contributed by atoms with E-state index in [-0.39, 0.29) is 11.4 Å². The lowest BCUT2D eigenvalue weighted by atomic mass is 10.1. The average molecular weight is 415 g/mol. The number of benzene rings is 2. The Hall–Kier alpha value is -4.20. The first-order valence-electron chi connectivity index (χ1n) is 9.60. The van der Waals surface area contributed by atoms with Gasteiger partial charge in [0.25, 0.3) is 0 Å². The van der Waals surface area contributed by atoms with E-state index in [2.05, 4.69) is 9.97 Å². The molecule has 154 valence electrons. The molecule has 0 bridgehead atoms. The Morgan fingerprint density at radius 1 is 1.16 bits per heavy atom. The quantitative estimate of drug-likeness (QED) is 0.443. The Bertz CT molecular complexity index is 1470. The molecular weight excluding hydrogens is 397 g/mol. The molecule has 31 heavy (non-hydrogen) atoms. The first-order chi connectivity index (χ1) is 14.9. The molecule has 5 aromatic rings. The summed E-state index contributed by atoms with van der Waals surface area (Å²) in [6.45, 7) is 0. The highest BCUT2D eigenvalue weighted by Gasteiger charge is 2.19. The van der Waals surface area contributed by atoms with Gasteiger partial charge in [-0.05, 0) is 36.4 Å². The predicted octanol–water partition coefficient (Wildman–Crippen LogP) is 4.72. The van der Waals surface area contributed by atoms with Gasteiger partial charge in [0, 0.05) is 31.4 Å². The summed E-state index contributed by atoms with van der Waals surface area (Å²) in [5.41, 5.74) is 4.98. The molecule has 7 nitrogen and oxygen atoms in total. The van der Waals surface area contributed by atoms with E-state index in [9.17, 15) is 14.3 Å². The second-order valence-electron chi connectivity index (χ2n) is 7.29. The minimum Gasteiger partial charge on any atom is -0.478 e. The number of hydrogen-bond donors (Lipinski definition) is 2. The smallest absolute Gasteiger partial charge is 0.337 e. The SMILES string of the molecule is CN(c1cccc(F)c1)c1cccc2c(-c3cc4nccc(C(=O)O)c4[nH]3)nn(C)c12. The first kappa shape index (κ1) is 18.8. The molecule has 3 heterocycles. The highest BCUT2D eigenvalue weighted by atomic mass is 19.1. The number of pyridine rings is 1. The number of H-pyrrole nitrogens is 1. The number of aromatic carboxylic acids is 1. The van der Waals surface area contributed by atoms with E-state index in [4.69, 9.17) is 5.10 Å². The van der Waals surface area contributed by atoms with Gasteiger partial charge in [0.1, 0.15) is 11.5 Å². The van der Waals surface area contributed by atoms with Crippen molar-refractivity contribution in [2.45, 2.75) is 0 Å². The fraction of sp³-hybridized carbons (Fsp3) is 0.0870. The third-order valence-corrected chi connectivity index (χ3v) is 5.41. The molecule has 0 aliphatic rings. The van der Waals surface area contributed by atoms with Crippen LogP contribution >= 0.6 is 0 Å². The standard InChI is InChI=1S/C23H18FN5O2/c1-28(14-6-3-5-13(24)11-14)19-8-4-7-15-21(27-29(2)22(15)19)18-12-17-20(26-18)16(23(30)31)9-10-25-17/h3-12,26H,1-2H3,(H,30,31). The fourth-order valence-electron chi connectivity index (χ4n) is 3.94. The van der Waals surface area contributed by atoms with E-state index in [0.29, 0.717) is 22.4 Å². The van der Waals surface area contributed by atoms with E-state index in [1.807, 2.05) is 43.3 Å². The van der Waals surface area contributed by atoms with Crippen molar-refractivity contribution >= 4 is 39.3 Å². The molecule has 8 heteroatoms. The lowest BCUT2D eigenvalue weighted by molar-refractivity contribution is 0.0698. The van der Waals surface area contributed by atoms with Gasteiger partial charge in [-0.15, -0.1) is 0 Å². The van der Waals surface area contributed by atoms with Crippen molar-refractivity contribution < 1.29 is 14.3 Å². The largest absolute Gasteiger partial charge is 0.478 e. The maximum atomic E-state index is 13.8. The molecule has 0 fully saturated rings. The van der Waals surface area contributed by atoms with Crippen molar-refractivity contribution in [1.82, 2.24) is 19.7 Å². The van der Waals surface area contributed by atoms with Crippen LogP contribution in [-0.2, 0) is 7.05 Å². The Kier molecular flexibility index (Phi) is 4.21. The average Bonchev–Trinajstić information content (AvgIpc) is 3.34. The number of nitrogens with zero attached hydrogens (tertiary/aromatic N) is 4. The van der Waals surface area contributed by atoms with Crippen LogP contribution in [0, 0.1) is 5.82 Å². The topological polar surface area (TPSA) is 87.0 Å². The molecule has 0 amide bonds. The Balaban J connectivity index is 1.69. The summed E-state index contributed by atoms with van der Waals surface area (Å²) < 4.78 is 15.5. The molecule has 0 aliphatic heterocycles. The lowest BCUT2D eigenvalue weighted by Gasteiger charge is -2.20. The van der Waals surface area contributed by atoms with Crippen molar-refractivity contribution in [3.8, 4) is 11.4 Å². The molecule has 0 aliphatic carbocycles. The van der Waals surface area contributed by atoms with Gasteiger partial charge in [-0.3, -0.25) is 9.67 Å². The maximum Gasteiger partial charge on any atom is 0.337 e. The summed E-state index contributed by atoms with van der Waals surface area (Å²) in [6.07, 6.45) is 1.48. The van der Waals surface area contributed by atoms with Crippen LogP contribution < -0.4 is 4.90 Å². The minimum atomic E-state index is -1.02. The van der Waals surface area contributed by atoms with Crippen LogP contribution in [-0.4, -0.2) is 37.9 Å². The molecule has 0 saturated carbocycles. The summed E-state index contributed by atoms with van der Waals surface area (Å²) >= 11 is 0. The van der Waals surface area contributed by atoms with Crippen LogP contribution in [0.5, 0.6) is 0 Å². The molecule has 3 aromatic heterocycles. The van der Waals surface area contributed by atoms with Crippen molar-refractivity contribution in [3.63, 3.8) is 0 Å². The third kappa shape index (κ3) is 3.00. The van der Waals surface area contributed by atoms with Gasteiger partial charge in [0.15, 0.2) is 0 Å². The van der Waals surface area contributed by atoms with Crippen LogP contribution in [0.4, 0.5) is 15.8 Å². The molecular formula is C23H18FN5O2. The zero-order valence-electron chi connectivity index (χ0n) is 16.8. The molecule has 0 saturated heterocycles. The van der Waals surface area contributed by atoms with Crippen molar-refractivity contribution in [2.24, 2.45) is 7.05 Å². The first-order valence-corrected chi connectivity index (χ1v) is 9.60. The second kappa shape index (κ2) is 6.94. The Morgan fingerprint density at radius 3 is 2.74 bits per heavy atom. The van der Waals surface area contributed by atoms with Gasteiger partial charge in [0.2, 0.25) is 0 Å². The molecule has 2 aromatic carbocycles. The molecule has 2 N–H and O–H groups in total. The van der Waals surface area contributed by atoms with Crippen molar-refractivity contribution in [2.75, 3.05) is 11.9 Å². The number of para-hydroxylation sites is 1. The van der Waals surface area contributed by atoms with Gasteiger partial charge >= 0.3 is 5.97 Å². The summed E-state index contributed by atoms with van der Waals surface area (Å²) in [6, 6.07) is 15.5. The van der Waals surface area contributed by atoms with E-state index < -0.39 is 5.97 Å². The molecule has 0 spiro atoms. The van der Waals surface area contributed by atoms with E-state index in [0.717, 1.165) is 22.3 Å². The fourth-order valence-corrected chi connectivity index (χ4v) is 3.94. The van der Waals surface area contributed by atoms with Crippen molar-refractivity contribution in [3.05, 3.63) is 72.2 Å². The summed E-state index contributed by atoms with van der Waals surface area (Å²) in [5.74, 6) is -1.33. The van der Waals surface area contributed by atoms with Crippen LogP contribution in [0.15, 0.2) is 60.8 Å². The summed E-state index contributed by atoms with van der Waals surface area (Å²) in [5, 5.41) is 15.0. The monoisotopic (exact) mass is 415 g/mol. The minimum absolute atomic E-state index is 0.156. The zero-order chi connectivity index (χ0) is 21.7. The number of nitrogens with one attached hydrogen (secondary N) is 1. The highest BCUT2D eigenvalue weighted by molar-refractivity contribution is 6.05. The molecule has 5 rings (SSSR count). The normalized spacial score (nSPS) is 11.3. The number of aromatic amines is 1. The second-order valence-corrected chi connectivity index (χ2v) is 7.29. The van der Waals surface area contributed by atoms with Crippen LogP contribution in [0.25, 0.3) is 33.3 Å². The van der Waals surface area contributed by atoms with E-state index >= 15 is 0 Å². The number of aryl methyl sites for hydroxylation is 1. The number of halogens is 1. The van der Waals surface area contributed by atoms with Crippen LogP contribution in [0.3, 0.4) is 0 Å². The van der Waals surface area contributed by atoms with E-state index in [1.165, 1.54) is 24.4 Å². The number of anilines is 2. The van der Waals surface area contributed by atoms with Crippen molar-refractivity contribution in [1.29, 1.82) is 0 Å². The summed E-state index contributed by atoms with van der Waals surface area (Å²) in [4.78, 5) is 20.9. The lowest BCUT2D eigenvalue weighted by Crippen LogP contribution is -2.11. The van der Waals surface area contributed by atoms with Gasteiger partial charge in [-0.2, -0.15) is 5.10 Å². The number of carboxylic acid groups (broad SMARTS) is 1. The Morgan fingerprint density at radius 2 is 1.97 bits per heavy atom. The number of fused-ring (bicyclic) bond motifs is 2. The van der Waals surface area contributed by atoms with Gasteiger partial charge < -0.3 is 15.0 Å². The number of rotatable bonds is 4. The molecule has 0 unspecified atom stereocenters. The number of carboxylic acids is 1. The number of aromatic nitrogens is 4. The van der Waals surface area contributed by atoms with Crippen LogP contribution in [0.2, 0.25) is 0 Å². The number of carbonyl (C=O) groups is 1.